The molecule has 208 valence electrons. The maximum atomic E-state index is 13.7. The lowest BCUT2D eigenvalue weighted by molar-refractivity contribution is 0.0983. The first-order chi connectivity index (χ1) is 18.3. The van der Waals surface area contributed by atoms with Crippen molar-refractivity contribution in [1.82, 2.24) is 9.88 Å². The summed E-state index contributed by atoms with van der Waals surface area (Å²) >= 11 is 7.77. The van der Waals surface area contributed by atoms with Crippen LogP contribution in [0.15, 0.2) is 77.7 Å². The molecule has 0 radical (unpaired) electrons. The summed E-state index contributed by atoms with van der Waals surface area (Å²) in [6.45, 7) is 9.10. The third-order valence-corrected chi connectivity index (χ3v) is 9.66. The number of hydrogen-bond donors (Lipinski definition) is 0. The summed E-state index contributed by atoms with van der Waals surface area (Å²) in [6, 6.07) is 20.7. The van der Waals surface area contributed by atoms with Crippen molar-refractivity contribution in [2.24, 2.45) is 0 Å². The second-order valence-electron chi connectivity index (χ2n) is 8.60. The minimum Gasteiger partial charge on any atom is -0.302 e. The molecule has 1 heterocycles. The number of thiazole rings is 1. The summed E-state index contributed by atoms with van der Waals surface area (Å²) in [7, 11) is -3.79. The topological polar surface area (TPSA) is 73.8 Å². The Labute approximate surface area is 245 Å². The monoisotopic (exact) mass is 606 g/mol. The molecule has 11 heteroatoms. The van der Waals surface area contributed by atoms with Gasteiger partial charge in [-0.3, -0.25) is 14.0 Å². The van der Waals surface area contributed by atoms with Crippen molar-refractivity contribution in [3.63, 3.8) is 0 Å². The minimum atomic E-state index is -3.79. The number of aromatic nitrogens is 1. The second-order valence-corrected chi connectivity index (χ2v) is 11.9. The maximum Gasteiger partial charge on any atom is 0.264 e. The van der Waals surface area contributed by atoms with Gasteiger partial charge in [-0.25, -0.2) is 13.4 Å². The number of halogens is 2. The van der Waals surface area contributed by atoms with E-state index >= 15 is 0 Å². The molecule has 1 aromatic heterocycles. The van der Waals surface area contributed by atoms with Crippen molar-refractivity contribution in [2.75, 3.05) is 41.9 Å². The van der Waals surface area contributed by atoms with Crippen LogP contribution < -0.4 is 9.21 Å². The number of rotatable bonds is 11. The lowest BCUT2D eigenvalue weighted by atomic mass is 10.2. The Morgan fingerprint density at radius 1 is 0.872 bits per heavy atom. The lowest BCUT2D eigenvalue weighted by Gasteiger charge is -2.25. The third kappa shape index (κ3) is 6.73. The third-order valence-electron chi connectivity index (χ3n) is 6.39. The molecular formula is C28H32Cl2N4O3S2. The molecule has 0 aliphatic carbocycles. The van der Waals surface area contributed by atoms with Gasteiger partial charge in [0.1, 0.15) is 5.52 Å². The first kappa shape index (κ1) is 30.8. The van der Waals surface area contributed by atoms with Gasteiger partial charge < -0.3 is 4.90 Å². The summed E-state index contributed by atoms with van der Waals surface area (Å²) in [6.07, 6.45) is 0. The van der Waals surface area contributed by atoms with Gasteiger partial charge in [0.05, 0.1) is 20.3 Å². The number of benzene rings is 3. The highest BCUT2D eigenvalue weighted by Gasteiger charge is 2.26. The van der Waals surface area contributed by atoms with Crippen LogP contribution >= 0.6 is 35.3 Å². The molecule has 1 amide bonds. The van der Waals surface area contributed by atoms with E-state index in [9.17, 15) is 13.2 Å². The zero-order valence-corrected chi connectivity index (χ0v) is 25.3. The molecule has 39 heavy (non-hydrogen) atoms. The predicted octanol–water partition coefficient (Wildman–Crippen LogP) is 6.58. The van der Waals surface area contributed by atoms with Crippen LogP contribution in [-0.4, -0.2) is 56.9 Å². The fourth-order valence-corrected chi connectivity index (χ4v) is 6.99. The van der Waals surface area contributed by atoms with Crippen molar-refractivity contribution in [1.29, 1.82) is 0 Å². The Kier molecular flexibility index (Phi) is 10.7. The molecule has 0 saturated carbocycles. The van der Waals surface area contributed by atoms with Crippen molar-refractivity contribution >= 4 is 72.3 Å². The molecule has 0 aliphatic rings. The Balaban J connectivity index is 0.00000420. The van der Waals surface area contributed by atoms with Gasteiger partial charge in [0.15, 0.2) is 5.13 Å². The fraction of sp³-hybridized carbons (Fsp3) is 0.286. The lowest BCUT2D eigenvalue weighted by Crippen LogP contribution is -2.39. The second kappa shape index (κ2) is 13.6. The number of anilines is 2. The van der Waals surface area contributed by atoms with Crippen LogP contribution in [0.3, 0.4) is 0 Å². The van der Waals surface area contributed by atoms with Crippen LogP contribution in [0.1, 0.15) is 31.1 Å². The van der Waals surface area contributed by atoms with Gasteiger partial charge in [0.25, 0.3) is 15.9 Å². The van der Waals surface area contributed by atoms with Crippen LogP contribution in [0.25, 0.3) is 10.2 Å². The highest BCUT2D eigenvalue weighted by Crippen LogP contribution is 2.33. The largest absolute Gasteiger partial charge is 0.302 e. The van der Waals surface area contributed by atoms with Crippen LogP contribution in [-0.2, 0) is 10.0 Å². The standard InChI is InChI=1S/C28H31ClN4O3S2.ClH/c1-4-31(5-2)19-20-32(28-30-26-24(29)13-10-14-25(26)37-28)27(34)21-15-17-23(18-16-21)38(35,36)33(6-3)22-11-8-7-9-12-22;/h7-18H,4-6,19-20H2,1-3H3;1H. The number of hydrogen-bond acceptors (Lipinski definition) is 6. The van der Waals surface area contributed by atoms with Gasteiger partial charge in [0, 0.05) is 25.2 Å². The van der Waals surface area contributed by atoms with Crippen molar-refractivity contribution in [3.05, 3.63) is 83.4 Å². The maximum absolute atomic E-state index is 13.7. The molecule has 0 spiro atoms. The Bertz CT molecular complexity index is 1490. The van der Waals surface area contributed by atoms with E-state index in [1.165, 1.54) is 27.8 Å². The van der Waals surface area contributed by atoms with Crippen molar-refractivity contribution in [2.45, 2.75) is 25.7 Å². The molecule has 0 aliphatic heterocycles. The Morgan fingerprint density at radius 2 is 1.54 bits per heavy atom. The molecule has 0 fully saturated rings. The molecule has 3 aromatic carbocycles. The van der Waals surface area contributed by atoms with E-state index in [0.29, 0.717) is 40.0 Å². The predicted molar refractivity (Wildman–Crippen MR) is 164 cm³/mol. The van der Waals surface area contributed by atoms with E-state index in [1.807, 2.05) is 18.2 Å². The van der Waals surface area contributed by atoms with E-state index in [2.05, 4.69) is 23.7 Å². The number of carbonyl (C=O) groups is 1. The SMILES string of the molecule is CCN(CC)CCN(C(=O)c1ccc(S(=O)(=O)N(CC)c2ccccc2)cc1)c1nc2c(Cl)cccc2s1.Cl. The first-order valence-corrected chi connectivity index (χ1v) is 15.2. The number of sulfonamides is 1. The molecule has 0 unspecified atom stereocenters. The average molecular weight is 608 g/mol. The molecule has 0 atom stereocenters. The molecule has 7 nitrogen and oxygen atoms in total. The number of carbonyl (C=O) groups excluding carboxylic acids is 1. The highest BCUT2D eigenvalue weighted by atomic mass is 35.5. The zero-order chi connectivity index (χ0) is 27.3. The molecule has 0 saturated heterocycles. The van der Waals surface area contributed by atoms with Gasteiger partial charge in [-0.2, -0.15) is 0 Å². The zero-order valence-electron chi connectivity index (χ0n) is 22.1. The molecule has 4 aromatic rings. The summed E-state index contributed by atoms with van der Waals surface area (Å²) in [5.41, 5.74) is 1.64. The first-order valence-electron chi connectivity index (χ1n) is 12.6. The number of nitrogens with zero attached hydrogens (tertiary/aromatic N) is 4. The molecular weight excluding hydrogens is 575 g/mol. The quantitative estimate of drug-likeness (QED) is 0.193. The van der Waals surface area contributed by atoms with Crippen LogP contribution in [0.2, 0.25) is 5.02 Å². The van der Waals surface area contributed by atoms with Crippen molar-refractivity contribution in [3.8, 4) is 0 Å². The number of para-hydroxylation sites is 2. The molecule has 0 bridgehead atoms. The van der Waals surface area contributed by atoms with Gasteiger partial charge in [0.2, 0.25) is 0 Å². The van der Waals surface area contributed by atoms with Crippen LogP contribution in [0.4, 0.5) is 10.8 Å². The summed E-state index contributed by atoms with van der Waals surface area (Å²) in [4.78, 5) is 22.5. The smallest absolute Gasteiger partial charge is 0.264 e. The minimum absolute atomic E-state index is 0. The van der Waals surface area contributed by atoms with Gasteiger partial charge >= 0.3 is 0 Å². The van der Waals surface area contributed by atoms with Gasteiger partial charge in [-0.15, -0.1) is 12.4 Å². The summed E-state index contributed by atoms with van der Waals surface area (Å²) < 4.78 is 29.0. The van der Waals surface area contributed by atoms with Gasteiger partial charge in [-0.1, -0.05) is 61.1 Å². The Morgan fingerprint density at radius 3 is 2.13 bits per heavy atom. The Hall–Kier alpha value is -2.69. The van der Waals surface area contributed by atoms with E-state index < -0.39 is 10.0 Å². The number of fused-ring (bicyclic) bond motifs is 1. The fourth-order valence-electron chi connectivity index (χ4n) is 4.22. The van der Waals surface area contributed by atoms with Gasteiger partial charge in [-0.05, 0) is 68.5 Å². The number of amides is 1. The summed E-state index contributed by atoms with van der Waals surface area (Å²) in [5.74, 6) is -0.244. The number of likely N-dealkylation sites (N-methyl/N-ethyl adjacent to an activating group) is 1. The van der Waals surface area contributed by atoms with Crippen LogP contribution in [0, 0.1) is 0 Å². The molecule has 0 N–H and O–H groups in total. The van der Waals surface area contributed by atoms with E-state index in [0.717, 1.165) is 17.8 Å². The van der Waals surface area contributed by atoms with E-state index in [-0.39, 0.29) is 29.8 Å². The van der Waals surface area contributed by atoms with E-state index in [4.69, 9.17) is 11.6 Å². The van der Waals surface area contributed by atoms with Crippen molar-refractivity contribution < 1.29 is 13.2 Å². The van der Waals surface area contributed by atoms with Crippen LogP contribution in [0.5, 0.6) is 0 Å². The normalized spacial score (nSPS) is 11.4. The van der Waals surface area contributed by atoms with E-state index in [1.54, 1.807) is 54.3 Å². The highest BCUT2D eigenvalue weighted by molar-refractivity contribution is 7.92. The average Bonchev–Trinajstić information content (AvgIpc) is 3.37. The molecule has 4 rings (SSSR count). The summed E-state index contributed by atoms with van der Waals surface area (Å²) in [5, 5.41) is 1.10.